The van der Waals surface area contributed by atoms with Gasteiger partial charge in [-0.25, -0.2) is 0 Å². The second-order valence-electron chi connectivity index (χ2n) is 13.9. The molecule has 4 aliphatic rings. The Bertz CT molecular complexity index is 1460. The van der Waals surface area contributed by atoms with Crippen LogP contribution in [-0.2, 0) is 54.3 Å². The highest BCUT2D eigenvalue weighted by atomic mass is 16.8. The predicted octanol–water partition coefficient (Wildman–Crippen LogP) is 0.435. The number of aliphatic hydroxyl groups excluding tert-OH is 1. The molecule has 5 rings (SSSR count). The van der Waals surface area contributed by atoms with Gasteiger partial charge in [0.15, 0.2) is 6.04 Å². The van der Waals surface area contributed by atoms with Gasteiger partial charge in [-0.1, -0.05) is 24.3 Å². The summed E-state index contributed by atoms with van der Waals surface area (Å²) in [5.74, 6) is -2.18. The summed E-state index contributed by atoms with van der Waals surface area (Å²) < 4.78 is 22.7. The molecule has 0 unspecified atom stereocenters. The van der Waals surface area contributed by atoms with Crippen molar-refractivity contribution in [3.05, 3.63) is 41.5 Å². The normalized spacial score (nSPS) is 28.0. The molecule has 1 aromatic rings. The number of nitrogens with zero attached hydrogens (tertiary/aromatic N) is 2. The maximum atomic E-state index is 14.2. The van der Waals surface area contributed by atoms with E-state index in [2.05, 4.69) is 10.6 Å². The number of nitrogens with one attached hydrogen (secondary N) is 2. The Hall–Kier alpha value is -3.89. The highest BCUT2D eigenvalue weighted by molar-refractivity contribution is 5.94. The molecule has 2 bridgehead atoms. The van der Waals surface area contributed by atoms with Gasteiger partial charge < -0.3 is 39.6 Å². The fourth-order valence-electron chi connectivity index (χ4n) is 6.80. The third-order valence-corrected chi connectivity index (χ3v) is 9.06. The number of rotatable bonds is 13. The molecule has 1 aromatic carbocycles. The zero-order valence-electron chi connectivity index (χ0n) is 28.5. The lowest BCUT2D eigenvalue weighted by Crippen LogP contribution is -2.69. The van der Waals surface area contributed by atoms with Crippen molar-refractivity contribution in [2.45, 2.75) is 95.1 Å². The molecule has 3 saturated heterocycles. The highest BCUT2D eigenvalue weighted by Crippen LogP contribution is 2.55. The molecule has 3 N–H and O–H groups in total. The molecule has 1 saturated carbocycles. The van der Waals surface area contributed by atoms with E-state index in [1.54, 1.807) is 40.9 Å². The Morgan fingerprint density at radius 2 is 1.88 bits per heavy atom. The molecule has 49 heavy (non-hydrogen) atoms. The third-order valence-electron chi connectivity index (χ3n) is 9.06. The highest BCUT2D eigenvalue weighted by Gasteiger charge is 2.74. The van der Waals surface area contributed by atoms with Crippen LogP contribution in [0.15, 0.2) is 30.3 Å². The lowest BCUT2D eigenvalue weighted by atomic mass is 9.62. The minimum Gasteiger partial charge on any atom is -0.460 e. The molecule has 268 valence electrons. The van der Waals surface area contributed by atoms with Gasteiger partial charge in [0.2, 0.25) is 17.7 Å². The maximum absolute atomic E-state index is 14.2. The Balaban J connectivity index is 1.28. The molecule has 0 aromatic heterocycles. The largest absolute Gasteiger partial charge is 0.460 e. The zero-order chi connectivity index (χ0) is 35.5. The van der Waals surface area contributed by atoms with E-state index < -0.39 is 71.3 Å². The fourth-order valence-corrected chi connectivity index (χ4v) is 6.80. The van der Waals surface area contributed by atoms with Crippen LogP contribution in [0.1, 0.15) is 57.6 Å². The van der Waals surface area contributed by atoms with E-state index in [0.29, 0.717) is 0 Å². The van der Waals surface area contributed by atoms with Gasteiger partial charge in [-0.3, -0.25) is 28.8 Å². The number of hydrogen-bond donors (Lipinski definition) is 3. The van der Waals surface area contributed by atoms with Crippen LogP contribution in [0, 0.1) is 5.41 Å². The number of amides is 3. The number of esters is 2. The van der Waals surface area contributed by atoms with E-state index in [-0.39, 0.29) is 58.1 Å². The van der Waals surface area contributed by atoms with E-state index in [1.165, 1.54) is 16.0 Å². The topological polar surface area (TPSA) is 182 Å². The first-order valence-corrected chi connectivity index (χ1v) is 16.5. The summed E-state index contributed by atoms with van der Waals surface area (Å²) in [5, 5.41) is 16.7. The lowest BCUT2D eigenvalue weighted by Gasteiger charge is -2.48. The summed E-state index contributed by atoms with van der Waals surface area (Å²) in [6, 6.07) is 5.54. The molecule has 0 spiro atoms. The molecule has 0 radical (unpaired) electrons. The zero-order valence-corrected chi connectivity index (χ0v) is 28.5. The minimum atomic E-state index is -1.40. The summed E-state index contributed by atoms with van der Waals surface area (Å²) >= 11 is 0. The minimum absolute atomic E-state index is 0.0154. The first-order valence-electron chi connectivity index (χ1n) is 16.5. The van der Waals surface area contributed by atoms with Crippen LogP contribution >= 0.6 is 0 Å². The van der Waals surface area contributed by atoms with E-state index in [4.69, 9.17) is 23.8 Å². The molecular formula is C34H46N4O11. The van der Waals surface area contributed by atoms with E-state index in [0.717, 1.165) is 11.1 Å². The van der Waals surface area contributed by atoms with Gasteiger partial charge in [-0.15, -0.1) is 0 Å². The smallest absolute Gasteiger partial charge is 0.327 e. The van der Waals surface area contributed by atoms with Gasteiger partial charge in [0.25, 0.3) is 0 Å². The molecule has 7 atom stereocenters. The molecule has 1 aliphatic carbocycles. The van der Waals surface area contributed by atoms with Crippen molar-refractivity contribution in [3.63, 3.8) is 0 Å². The molecule has 4 fully saturated rings. The first-order chi connectivity index (χ1) is 23.2. The van der Waals surface area contributed by atoms with Gasteiger partial charge in [0, 0.05) is 46.0 Å². The van der Waals surface area contributed by atoms with Crippen LogP contribution in [0.2, 0.25) is 0 Å². The molecule has 3 amide bonds. The molecule has 3 heterocycles. The van der Waals surface area contributed by atoms with Crippen molar-refractivity contribution in [3.8, 4) is 0 Å². The van der Waals surface area contributed by atoms with Crippen LogP contribution < -0.4 is 10.6 Å². The van der Waals surface area contributed by atoms with Gasteiger partial charge in [0.1, 0.15) is 42.2 Å². The van der Waals surface area contributed by atoms with Crippen molar-refractivity contribution in [2.75, 3.05) is 34.0 Å². The standard InChI is InChI=1S/C34H46N4O11/c1-33(2,3)48-26(42)13-11-22(18-39)36-24(40)14-15-35-32(44)34-16-23-27-28(46-19-45-27)30(34)49-38(29(34)31(43)47-23)17-21-9-7-6-8-20(21)10-12-25(41)37(4)5/h6-10,12,22-23,27-30,39H,11,13-19H2,1-5H3,(H,35,44)(H,36,40)/t22-,23+,27-,28-,29-,30+,34-/m0/s1. The van der Waals surface area contributed by atoms with Crippen molar-refractivity contribution >= 4 is 35.7 Å². The molecule has 3 aliphatic heterocycles. The van der Waals surface area contributed by atoms with E-state index in [9.17, 15) is 29.1 Å². The van der Waals surface area contributed by atoms with Crippen molar-refractivity contribution in [2.24, 2.45) is 5.41 Å². The average molecular weight is 687 g/mol. The summed E-state index contributed by atoms with van der Waals surface area (Å²) in [5.41, 5.74) is -0.572. The molecule has 15 nitrogen and oxygen atoms in total. The van der Waals surface area contributed by atoms with Gasteiger partial charge in [0.05, 0.1) is 19.2 Å². The number of ether oxygens (including phenoxy) is 4. The van der Waals surface area contributed by atoms with E-state index >= 15 is 0 Å². The Kier molecular flexibility index (Phi) is 11.1. The number of hydrogen-bond acceptors (Lipinski definition) is 12. The van der Waals surface area contributed by atoms with Crippen LogP contribution in [0.5, 0.6) is 0 Å². The lowest BCUT2D eigenvalue weighted by molar-refractivity contribution is -0.201. The SMILES string of the molecule is CN(C)C(=O)C=Cc1ccccc1CN1O[C@@H]2[C@H]3OCO[C@H]3[C@H]3C[C@]2(C(=O)NCCC(=O)N[C@H](CO)CCC(=O)OC(C)(C)C)[C@@H]1C(=O)O3. The maximum Gasteiger partial charge on any atom is 0.327 e. The Labute approximate surface area is 285 Å². The summed E-state index contributed by atoms with van der Waals surface area (Å²) in [6.07, 6.45) is 0.447. The number of carbonyl (C=O) groups excluding carboxylic acids is 5. The number of hydroxylamine groups is 2. The third kappa shape index (κ3) is 7.96. The first kappa shape index (κ1) is 36.4. The Morgan fingerprint density at radius 1 is 1.14 bits per heavy atom. The number of benzene rings is 1. The van der Waals surface area contributed by atoms with Crippen LogP contribution in [-0.4, -0.2) is 121 Å². The van der Waals surface area contributed by atoms with Crippen LogP contribution in [0.3, 0.4) is 0 Å². The van der Waals surface area contributed by atoms with Crippen LogP contribution in [0.4, 0.5) is 0 Å². The van der Waals surface area contributed by atoms with E-state index in [1.807, 2.05) is 24.3 Å². The van der Waals surface area contributed by atoms with Crippen molar-refractivity contribution in [1.82, 2.24) is 20.6 Å². The number of carbonyl (C=O) groups is 5. The number of likely N-dealkylation sites (N-methyl/N-ethyl adjacent to an activating group) is 1. The van der Waals surface area contributed by atoms with Gasteiger partial charge >= 0.3 is 11.9 Å². The quantitative estimate of drug-likeness (QED) is 0.193. The fraction of sp³-hybridized carbons (Fsp3) is 0.618. The Morgan fingerprint density at radius 3 is 2.59 bits per heavy atom. The molecule has 15 heteroatoms. The second-order valence-corrected chi connectivity index (χ2v) is 13.9. The average Bonchev–Trinajstić information content (AvgIpc) is 3.66. The summed E-state index contributed by atoms with van der Waals surface area (Å²) in [6.45, 7) is 4.88. The van der Waals surface area contributed by atoms with Crippen LogP contribution in [0.25, 0.3) is 6.08 Å². The second kappa shape index (κ2) is 14.9. The number of aliphatic hydroxyl groups is 1. The molecular weight excluding hydrogens is 640 g/mol. The number of fused-ring (bicyclic) bond motifs is 4. The van der Waals surface area contributed by atoms with Gasteiger partial charge in [-0.05, 0) is 44.4 Å². The van der Waals surface area contributed by atoms with Gasteiger partial charge in [-0.2, -0.15) is 5.06 Å². The predicted molar refractivity (Wildman–Crippen MR) is 172 cm³/mol. The summed E-state index contributed by atoms with van der Waals surface area (Å²) in [4.78, 5) is 72.8. The van der Waals surface area contributed by atoms with Crippen molar-refractivity contribution < 1.29 is 52.9 Å². The monoisotopic (exact) mass is 686 g/mol. The van der Waals surface area contributed by atoms with Crippen molar-refractivity contribution in [1.29, 1.82) is 0 Å². The summed E-state index contributed by atoms with van der Waals surface area (Å²) in [7, 11) is 3.31.